The van der Waals surface area contributed by atoms with Gasteiger partial charge in [0.05, 0.1) is 12.0 Å². The highest BCUT2D eigenvalue weighted by Gasteiger charge is 2.39. The van der Waals surface area contributed by atoms with Crippen molar-refractivity contribution in [3.05, 3.63) is 18.2 Å². The third kappa shape index (κ3) is 1.89. The molecule has 3 heteroatoms. The van der Waals surface area contributed by atoms with Gasteiger partial charge in [0.1, 0.15) is 0 Å². The second-order valence-corrected chi connectivity index (χ2v) is 6.17. The van der Waals surface area contributed by atoms with E-state index < -0.39 is 0 Å². The van der Waals surface area contributed by atoms with Crippen molar-refractivity contribution in [1.82, 2.24) is 14.9 Å². The first-order valence-electron chi connectivity index (χ1n) is 7.54. The number of rotatable bonds is 3. The highest BCUT2D eigenvalue weighted by molar-refractivity contribution is 5.12. The van der Waals surface area contributed by atoms with Crippen LogP contribution < -0.4 is 5.32 Å². The van der Waals surface area contributed by atoms with Crippen LogP contribution in [0, 0.1) is 0 Å². The molecule has 1 N–H and O–H groups in total. The SMILES string of the molecule is CCC1(n2cncc2C2CCCC(C)N2)CCC1. The topological polar surface area (TPSA) is 29.9 Å². The number of hydrogen-bond donors (Lipinski definition) is 1. The lowest BCUT2D eigenvalue weighted by Gasteiger charge is -2.45. The summed E-state index contributed by atoms with van der Waals surface area (Å²) in [4.78, 5) is 4.44. The Morgan fingerprint density at radius 1 is 1.39 bits per heavy atom. The lowest BCUT2D eigenvalue weighted by Crippen LogP contribution is -2.43. The van der Waals surface area contributed by atoms with E-state index in [1.807, 2.05) is 0 Å². The van der Waals surface area contributed by atoms with E-state index in [1.54, 1.807) is 0 Å². The van der Waals surface area contributed by atoms with Crippen LogP contribution >= 0.6 is 0 Å². The summed E-state index contributed by atoms with van der Waals surface area (Å²) in [6, 6.07) is 1.16. The van der Waals surface area contributed by atoms with Gasteiger partial charge < -0.3 is 9.88 Å². The molecule has 0 amide bonds. The summed E-state index contributed by atoms with van der Waals surface area (Å²) in [5.41, 5.74) is 1.80. The van der Waals surface area contributed by atoms with Gasteiger partial charge in [-0.3, -0.25) is 0 Å². The molecule has 3 rings (SSSR count). The first-order chi connectivity index (χ1) is 8.75. The van der Waals surface area contributed by atoms with Crippen molar-refractivity contribution in [3.8, 4) is 0 Å². The average molecular weight is 247 g/mol. The fourth-order valence-corrected chi connectivity index (χ4v) is 3.68. The van der Waals surface area contributed by atoms with E-state index in [1.165, 1.54) is 50.6 Å². The van der Waals surface area contributed by atoms with Crippen LogP contribution in [0.1, 0.15) is 70.5 Å². The van der Waals surface area contributed by atoms with Crippen molar-refractivity contribution in [2.45, 2.75) is 76.4 Å². The van der Waals surface area contributed by atoms with Gasteiger partial charge >= 0.3 is 0 Å². The van der Waals surface area contributed by atoms with Gasteiger partial charge in [0, 0.05) is 23.8 Å². The first kappa shape index (κ1) is 12.2. The summed E-state index contributed by atoms with van der Waals surface area (Å²) in [5, 5.41) is 3.74. The normalized spacial score (nSPS) is 31.0. The van der Waals surface area contributed by atoms with Gasteiger partial charge in [0.25, 0.3) is 0 Å². The minimum Gasteiger partial charge on any atom is -0.327 e. The molecule has 2 fully saturated rings. The quantitative estimate of drug-likeness (QED) is 0.887. The van der Waals surface area contributed by atoms with Gasteiger partial charge in [-0.15, -0.1) is 0 Å². The summed E-state index contributed by atoms with van der Waals surface area (Å²) in [6.07, 6.45) is 13.3. The second kappa shape index (κ2) is 4.69. The van der Waals surface area contributed by atoms with Gasteiger partial charge in [-0.1, -0.05) is 6.92 Å². The van der Waals surface area contributed by atoms with Crippen LogP contribution in [0.15, 0.2) is 12.5 Å². The number of aromatic nitrogens is 2. The van der Waals surface area contributed by atoms with E-state index in [0.717, 1.165) is 0 Å². The summed E-state index contributed by atoms with van der Waals surface area (Å²) in [5.74, 6) is 0. The Morgan fingerprint density at radius 3 is 2.83 bits per heavy atom. The van der Waals surface area contributed by atoms with Crippen molar-refractivity contribution in [1.29, 1.82) is 0 Å². The minimum absolute atomic E-state index is 0.383. The Labute approximate surface area is 110 Å². The Balaban J connectivity index is 1.87. The lowest BCUT2D eigenvalue weighted by atomic mass is 9.74. The van der Waals surface area contributed by atoms with E-state index in [4.69, 9.17) is 0 Å². The summed E-state index contributed by atoms with van der Waals surface area (Å²) < 4.78 is 2.49. The number of hydrogen-bond acceptors (Lipinski definition) is 2. The molecule has 1 saturated heterocycles. The molecule has 2 atom stereocenters. The molecule has 0 aromatic carbocycles. The monoisotopic (exact) mass is 247 g/mol. The molecule has 1 aromatic rings. The average Bonchev–Trinajstić information content (AvgIpc) is 2.78. The molecule has 100 valence electrons. The predicted octanol–water partition coefficient (Wildman–Crippen LogP) is 3.38. The summed E-state index contributed by atoms with van der Waals surface area (Å²) in [7, 11) is 0. The Kier molecular flexibility index (Phi) is 3.18. The maximum absolute atomic E-state index is 4.44. The Morgan fingerprint density at radius 2 is 2.22 bits per heavy atom. The fraction of sp³-hybridized carbons (Fsp3) is 0.800. The minimum atomic E-state index is 0.383. The molecule has 2 aliphatic rings. The van der Waals surface area contributed by atoms with E-state index >= 15 is 0 Å². The molecule has 1 aliphatic carbocycles. The van der Waals surface area contributed by atoms with Gasteiger partial charge in [-0.2, -0.15) is 0 Å². The Hall–Kier alpha value is -0.830. The molecule has 1 aromatic heterocycles. The number of piperidine rings is 1. The summed E-state index contributed by atoms with van der Waals surface area (Å²) in [6.45, 7) is 4.62. The zero-order valence-electron chi connectivity index (χ0n) is 11.7. The molecule has 0 bridgehead atoms. The summed E-state index contributed by atoms with van der Waals surface area (Å²) >= 11 is 0. The molecule has 0 spiro atoms. The third-order valence-electron chi connectivity index (χ3n) is 5.09. The number of nitrogens with one attached hydrogen (secondary N) is 1. The van der Waals surface area contributed by atoms with Crippen molar-refractivity contribution in [3.63, 3.8) is 0 Å². The molecule has 2 unspecified atom stereocenters. The van der Waals surface area contributed by atoms with Crippen molar-refractivity contribution in [2.75, 3.05) is 0 Å². The van der Waals surface area contributed by atoms with Crippen molar-refractivity contribution >= 4 is 0 Å². The van der Waals surface area contributed by atoms with Crippen LogP contribution in [0.25, 0.3) is 0 Å². The molecule has 1 saturated carbocycles. The molecule has 2 heterocycles. The smallest absolute Gasteiger partial charge is 0.0953 e. The molecular formula is C15H25N3. The fourth-order valence-electron chi connectivity index (χ4n) is 3.68. The number of imidazole rings is 1. The molecular weight excluding hydrogens is 222 g/mol. The van der Waals surface area contributed by atoms with Crippen LogP contribution in [0.3, 0.4) is 0 Å². The zero-order valence-corrected chi connectivity index (χ0v) is 11.7. The Bertz CT molecular complexity index is 400. The van der Waals surface area contributed by atoms with Crippen molar-refractivity contribution < 1.29 is 0 Å². The van der Waals surface area contributed by atoms with Gasteiger partial charge in [0.15, 0.2) is 0 Å². The van der Waals surface area contributed by atoms with Crippen LogP contribution in [0.5, 0.6) is 0 Å². The lowest BCUT2D eigenvalue weighted by molar-refractivity contribution is 0.127. The van der Waals surface area contributed by atoms with Gasteiger partial charge in [-0.25, -0.2) is 4.98 Å². The highest BCUT2D eigenvalue weighted by atomic mass is 15.2. The maximum atomic E-state index is 4.44. The van der Waals surface area contributed by atoms with Crippen LogP contribution in [-0.4, -0.2) is 15.6 Å². The van der Waals surface area contributed by atoms with Crippen LogP contribution in [0.4, 0.5) is 0 Å². The van der Waals surface area contributed by atoms with Gasteiger partial charge in [0.2, 0.25) is 0 Å². The largest absolute Gasteiger partial charge is 0.327 e. The third-order valence-corrected chi connectivity index (χ3v) is 5.09. The molecule has 0 radical (unpaired) electrons. The van der Waals surface area contributed by atoms with E-state index in [-0.39, 0.29) is 0 Å². The van der Waals surface area contributed by atoms with Crippen LogP contribution in [-0.2, 0) is 5.54 Å². The second-order valence-electron chi connectivity index (χ2n) is 6.17. The number of nitrogens with zero attached hydrogens (tertiary/aromatic N) is 2. The van der Waals surface area contributed by atoms with Crippen molar-refractivity contribution in [2.24, 2.45) is 0 Å². The molecule has 3 nitrogen and oxygen atoms in total. The van der Waals surface area contributed by atoms with E-state index in [0.29, 0.717) is 17.6 Å². The van der Waals surface area contributed by atoms with E-state index in [2.05, 4.69) is 41.2 Å². The molecule has 18 heavy (non-hydrogen) atoms. The highest BCUT2D eigenvalue weighted by Crippen LogP contribution is 2.44. The predicted molar refractivity (Wildman–Crippen MR) is 73.5 cm³/mol. The van der Waals surface area contributed by atoms with Crippen LogP contribution in [0.2, 0.25) is 0 Å². The maximum Gasteiger partial charge on any atom is 0.0953 e. The van der Waals surface area contributed by atoms with E-state index in [9.17, 15) is 0 Å². The standard InChI is InChI=1S/C15H25N3/c1-3-15(8-5-9-15)18-11-16-10-14(18)13-7-4-6-12(2)17-13/h10-13,17H,3-9H2,1-2H3. The zero-order chi connectivity index (χ0) is 12.6. The first-order valence-corrected chi connectivity index (χ1v) is 7.54. The molecule has 1 aliphatic heterocycles. The van der Waals surface area contributed by atoms with Gasteiger partial charge in [-0.05, 0) is 51.9 Å².